The molecule has 0 atom stereocenters. The van der Waals surface area contributed by atoms with Crippen LogP contribution in [0.25, 0.3) is 11.3 Å². The van der Waals surface area contributed by atoms with Crippen LogP contribution < -0.4 is 0 Å². The minimum atomic E-state index is 0.204. The summed E-state index contributed by atoms with van der Waals surface area (Å²) in [5.41, 5.74) is 1.51. The van der Waals surface area contributed by atoms with Crippen molar-refractivity contribution in [1.82, 2.24) is 5.16 Å². The van der Waals surface area contributed by atoms with E-state index in [1.165, 1.54) is 0 Å². The lowest BCUT2D eigenvalue weighted by atomic mass is 10.1. The third-order valence-electron chi connectivity index (χ3n) is 1.76. The smallest absolute Gasteiger partial charge is 0.236 e. The second-order valence-corrected chi connectivity index (χ2v) is 3.13. The van der Waals surface area contributed by atoms with Gasteiger partial charge in [-0.25, -0.2) is 0 Å². The summed E-state index contributed by atoms with van der Waals surface area (Å²) in [6, 6.07) is 10.6. The predicted octanol–water partition coefficient (Wildman–Crippen LogP) is 2.87. The molecular weight excluding hydrogens is 200 g/mol. The fourth-order valence-electron chi connectivity index (χ4n) is 1.08. The lowest BCUT2D eigenvalue weighted by Crippen LogP contribution is -1.74. The first-order valence-electron chi connectivity index (χ1n) is 3.92. The van der Waals surface area contributed by atoms with E-state index in [4.69, 9.17) is 21.4 Å². The predicted molar refractivity (Wildman–Crippen MR) is 51.7 cm³/mol. The van der Waals surface area contributed by atoms with E-state index in [9.17, 15) is 0 Å². The Morgan fingerprint density at radius 1 is 1.29 bits per heavy atom. The number of aromatic nitrogens is 1. The molecule has 4 heteroatoms. The van der Waals surface area contributed by atoms with Crippen molar-refractivity contribution >= 4 is 11.6 Å². The van der Waals surface area contributed by atoms with E-state index < -0.39 is 0 Å². The monoisotopic (exact) mass is 204 g/mol. The van der Waals surface area contributed by atoms with Crippen LogP contribution in [0.4, 0.5) is 0 Å². The van der Waals surface area contributed by atoms with Crippen molar-refractivity contribution in [2.24, 2.45) is 0 Å². The molecule has 0 aliphatic heterocycles. The maximum atomic E-state index is 8.54. The van der Waals surface area contributed by atoms with Crippen molar-refractivity contribution < 1.29 is 4.52 Å². The van der Waals surface area contributed by atoms with Gasteiger partial charge in [0.1, 0.15) is 11.8 Å². The molecule has 14 heavy (non-hydrogen) atoms. The highest BCUT2D eigenvalue weighted by Gasteiger charge is 2.04. The zero-order chi connectivity index (χ0) is 9.97. The highest BCUT2D eigenvalue weighted by Crippen LogP contribution is 2.20. The zero-order valence-electron chi connectivity index (χ0n) is 7.07. The molecule has 0 aliphatic rings. The van der Waals surface area contributed by atoms with Crippen molar-refractivity contribution in [3.05, 3.63) is 41.1 Å². The summed E-state index contributed by atoms with van der Waals surface area (Å²) < 4.78 is 4.75. The Bertz CT molecular complexity index is 482. The van der Waals surface area contributed by atoms with Crippen molar-refractivity contribution in [2.45, 2.75) is 0 Å². The molecule has 2 rings (SSSR count). The van der Waals surface area contributed by atoms with Crippen molar-refractivity contribution in [2.75, 3.05) is 0 Å². The van der Waals surface area contributed by atoms with Crippen LogP contribution in [0.3, 0.4) is 0 Å². The highest BCUT2D eigenvalue weighted by atomic mass is 35.5. The lowest BCUT2D eigenvalue weighted by Gasteiger charge is -1.93. The van der Waals surface area contributed by atoms with Crippen LogP contribution in [0.1, 0.15) is 5.76 Å². The van der Waals surface area contributed by atoms with Gasteiger partial charge in [0.15, 0.2) is 0 Å². The standard InChI is InChI=1S/C10H5ClN2O/c11-8-3-1-7(2-4-8)10-5-9(6-12)14-13-10/h1-5H. The Kier molecular flexibility index (Phi) is 2.21. The van der Waals surface area contributed by atoms with Gasteiger partial charge in [-0.1, -0.05) is 28.9 Å². The molecule has 0 bridgehead atoms. The average molecular weight is 205 g/mol. The Morgan fingerprint density at radius 3 is 2.57 bits per heavy atom. The van der Waals surface area contributed by atoms with Gasteiger partial charge in [-0.3, -0.25) is 0 Å². The topological polar surface area (TPSA) is 49.8 Å². The summed E-state index contributed by atoms with van der Waals surface area (Å²) in [5.74, 6) is 0.204. The molecule has 0 radical (unpaired) electrons. The molecular formula is C10H5ClN2O. The number of nitrogens with zero attached hydrogens (tertiary/aromatic N) is 2. The van der Waals surface area contributed by atoms with Crippen LogP contribution in [0.5, 0.6) is 0 Å². The first-order valence-corrected chi connectivity index (χ1v) is 4.30. The third-order valence-corrected chi connectivity index (χ3v) is 2.01. The van der Waals surface area contributed by atoms with Crippen LogP contribution in [0, 0.1) is 11.3 Å². The quantitative estimate of drug-likeness (QED) is 0.718. The minimum absolute atomic E-state index is 0.204. The molecule has 1 aromatic carbocycles. The van der Waals surface area contributed by atoms with E-state index in [0.717, 1.165) is 5.56 Å². The van der Waals surface area contributed by atoms with Gasteiger partial charge in [0, 0.05) is 16.7 Å². The third kappa shape index (κ3) is 1.61. The summed E-state index contributed by atoms with van der Waals surface area (Å²) in [7, 11) is 0. The summed E-state index contributed by atoms with van der Waals surface area (Å²) in [6.45, 7) is 0. The summed E-state index contributed by atoms with van der Waals surface area (Å²) in [6.07, 6.45) is 0. The van der Waals surface area contributed by atoms with Gasteiger partial charge >= 0.3 is 0 Å². The first-order chi connectivity index (χ1) is 6.79. The van der Waals surface area contributed by atoms with E-state index in [-0.39, 0.29) is 5.76 Å². The molecule has 2 aromatic rings. The Morgan fingerprint density at radius 2 is 2.00 bits per heavy atom. The summed E-state index contributed by atoms with van der Waals surface area (Å²) in [4.78, 5) is 0. The van der Waals surface area contributed by atoms with Gasteiger partial charge in [-0.05, 0) is 12.1 Å². The normalized spacial score (nSPS) is 9.71. The van der Waals surface area contributed by atoms with E-state index in [1.807, 2.05) is 18.2 Å². The average Bonchev–Trinajstić information content (AvgIpc) is 2.67. The summed E-state index contributed by atoms with van der Waals surface area (Å²) >= 11 is 5.74. The van der Waals surface area contributed by atoms with Crippen LogP contribution in [0.15, 0.2) is 34.9 Å². The second-order valence-electron chi connectivity index (χ2n) is 2.70. The van der Waals surface area contributed by atoms with E-state index in [0.29, 0.717) is 10.7 Å². The lowest BCUT2D eigenvalue weighted by molar-refractivity contribution is 0.412. The molecule has 1 heterocycles. The van der Waals surface area contributed by atoms with Crippen LogP contribution in [0.2, 0.25) is 5.02 Å². The molecule has 0 amide bonds. The van der Waals surface area contributed by atoms with E-state index >= 15 is 0 Å². The Balaban J connectivity index is 2.40. The first kappa shape index (κ1) is 8.79. The van der Waals surface area contributed by atoms with Crippen molar-refractivity contribution in [1.29, 1.82) is 5.26 Å². The van der Waals surface area contributed by atoms with E-state index in [2.05, 4.69) is 5.16 Å². The number of hydrogen-bond acceptors (Lipinski definition) is 3. The maximum absolute atomic E-state index is 8.54. The molecule has 0 N–H and O–H groups in total. The largest absolute Gasteiger partial charge is 0.345 e. The molecule has 0 aliphatic carbocycles. The number of hydrogen-bond donors (Lipinski definition) is 0. The van der Waals surface area contributed by atoms with E-state index in [1.54, 1.807) is 18.2 Å². The number of benzene rings is 1. The molecule has 68 valence electrons. The highest BCUT2D eigenvalue weighted by molar-refractivity contribution is 6.30. The fraction of sp³-hybridized carbons (Fsp3) is 0. The van der Waals surface area contributed by atoms with Gasteiger partial charge in [0.05, 0.1) is 0 Å². The number of nitriles is 1. The van der Waals surface area contributed by atoms with Gasteiger partial charge in [-0.15, -0.1) is 0 Å². The summed E-state index contributed by atoms with van der Waals surface area (Å²) in [5, 5.41) is 12.9. The molecule has 3 nitrogen and oxygen atoms in total. The van der Waals surface area contributed by atoms with Crippen molar-refractivity contribution in [3.63, 3.8) is 0 Å². The molecule has 0 spiro atoms. The van der Waals surface area contributed by atoms with Gasteiger partial charge in [0.25, 0.3) is 0 Å². The molecule has 0 unspecified atom stereocenters. The van der Waals surface area contributed by atoms with Gasteiger partial charge in [0.2, 0.25) is 5.76 Å². The Hall–Kier alpha value is -1.79. The Labute approximate surface area is 85.5 Å². The number of rotatable bonds is 1. The maximum Gasteiger partial charge on any atom is 0.236 e. The molecule has 0 fully saturated rings. The van der Waals surface area contributed by atoms with Crippen LogP contribution >= 0.6 is 11.6 Å². The second kappa shape index (κ2) is 3.52. The van der Waals surface area contributed by atoms with Crippen LogP contribution in [-0.4, -0.2) is 5.16 Å². The number of halogens is 1. The van der Waals surface area contributed by atoms with Gasteiger partial charge in [-0.2, -0.15) is 5.26 Å². The fourth-order valence-corrected chi connectivity index (χ4v) is 1.21. The zero-order valence-corrected chi connectivity index (χ0v) is 7.82. The molecule has 0 saturated carbocycles. The van der Waals surface area contributed by atoms with Crippen molar-refractivity contribution in [3.8, 4) is 17.3 Å². The SMILES string of the molecule is N#Cc1cc(-c2ccc(Cl)cc2)no1. The van der Waals surface area contributed by atoms with Crippen LogP contribution in [-0.2, 0) is 0 Å². The molecule has 0 saturated heterocycles. The minimum Gasteiger partial charge on any atom is -0.345 e. The van der Waals surface area contributed by atoms with Gasteiger partial charge < -0.3 is 4.52 Å². The molecule has 1 aromatic heterocycles.